The molecule has 2 N–H and O–H groups in total. The van der Waals surface area contributed by atoms with Gasteiger partial charge in [-0.2, -0.15) is 0 Å². The molecule has 1 rings (SSSR count). The maximum absolute atomic E-state index is 11.6. The van der Waals surface area contributed by atoms with Crippen molar-refractivity contribution < 1.29 is 8.42 Å². The van der Waals surface area contributed by atoms with E-state index in [0.29, 0.717) is 32.6 Å². The van der Waals surface area contributed by atoms with Crippen LogP contribution in [-0.4, -0.2) is 72.4 Å². The summed E-state index contributed by atoms with van der Waals surface area (Å²) in [6, 6.07) is 0. The van der Waals surface area contributed by atoms with Gasteiger partial charge in [-0.15, -0.1) is 10.2 Å². The molecular formula is C15H31N7O2S. The first kappa shape index (κ1) is 21.4. The molecule has 0 fully saturated rings. The number of guanidine groups is 1. The number of hydrogen-bond donors (Lipinski definition) is 2. The van der Waals surface area contributed by atoms with Crippen LogP contribution in [0, 0.1) is 0 Å². The molecule has 25 heavy (non-hydrogen) atoms. The highest BCUT2D eigenvalue weighted by Crippen LogP contribution is 1.99. The number of nitrogens with zero attached hydrogens (tertiary/aromatic N) is 5. The van der Waals surface area contributed by atoms with Gasteiger partial charge in [0.2, 0.25) is 10.0 Å². The normalized spacial score (nSPS) is 12.6. The van der Waals surface area contributed by atoms with Gasteiger partial charge in [-0.1, -0.05) is 13.8 Å². The minimum absolute atomic E-state index is 0.485. The van der Waals surface area contributed by atoms with E-state index in [1.165, 1.54) is 10.6 Å². The van der Waals surface area contributed by atoms with Gasteiger partial charge in [0.05, 0.1) is 6.26 Å². The highest BCUT2D eigenvalue weighted by Gasteiger charge is 2.13. The summed E-state index contributed by atoms with van der Waals surface area (Å²) in [4.78, 5) is 4.50. The van der Waals surface area contributed by atoms with Crippen molar-refractivity contribution in [2.45, 2.75) is 40.2 Å². The van der Waals surface area contributed by atoms with Crippen molar-refractivity contribution in [2.24, 2.45) is 4.99 Å². The van der Waals surface area contributed by atoms with Crippen molar-refractivity contribution in [3.05, 3.63) is 12.2 Å². The SMILES string of the molecule is CCNC(=NCCCN(CC)S(C)(=O)=O)NCCn1cnnc1CC. The summed E-state index contributed by atoms with van der Waals surface area (Å²) in [5.74, 6) is 1.69. The van der Waals surface area contributed by atoms with Crippen LogP contribution in [0.25, 0.3) is 0 Å². The zero-order valence-corrected chi connectivity index (χ0v) is 16.5. The van der Waals surface area contributed by atoms with E-state index in [9.17, 15) is 8.42 Å². The van der Waals surface area contributed by atoms with Gasteiger partial charge in [-0.25, -0.2) is 12.7 Å². The number of rotatable bonds is 11. The average molecular weight is 374 g/mol. The molecule has 144 valence electrons. The molecule has 0 unspecified atom stereocenters. The van der Waals surface area contributed by atoms with Crippen molar-refractivity contribution >= 4 is 16.0 Å². The van der Waals surface area contributed by atoms with Crippen LogP contribution in [0.15, 0.2) is 11.3 Å². The Hall–Kier alpha value is -1.68. The summed E-state index contributed by atoms with van der Waals surface area (Å²) >= 11 is 0. The Bertz CT molecular complexity index is 628. The van der Waals surface area contributed by atoms with E-state index in [4.69, 9.17) is 0 Å². The molecule has 0 spiro atoms. The summed E-state index contributed by atoms with van der Waals surface area (Å²) in [6.07, 6.45) is 4.50. The van der Waals surface area contributed by atoms with E-state index in [0.717, 1.165) is 31.3 Å². The molecule has 0 bridgehead atoms. The Morgan fingerprint density at radius 2 is 2.08 bits per heavy atom. The number of aromatic nitrogens is 3. The van der Waals surface area contributed by atoms with E-state index >= 15 is 0 Å². The van der Waals surface area contributed by atoms with Crippen LogP contribution in [0.4, 0.5) is 0 Å². The Labute approximate surface area is 151 Å². The van der Waals surface area contributed by atoms with Crippen molar-refractivity contribution in [1.82, 2.24) is 29.7 Å². The molecule has 0 saturated carbocycles. The van der Waals surface area contributed by atoms with Crippen LogP contribution in [0.2, 0.25) is 0 Å². The first-order valence-electron chi connectivity index (χ1n) is 8.76. The number of nitrogens with one attached hydrogen (secondary N) is 2. The molecule has 0 radical (unpaired) electrons. The molecule has 1 heterocycles. The van der Waals surface area contributed by atoms with Crippen LogP contribution in [-0.2, 0) is 23.0 Å². The molecule has 0 aliphatic carbocycles. The highest BCUT2D eigenvalue weighted by atomic mass is 32.2. The predicted octanol–water partition coefficient (Wildman–Crippen LogP) is 0.0672. The van der Waals surface area contributed by atoms with Crippen molar-refractivity contribution in [1.29, 1.82) is 0 Å². The molecule has 9 nitrogen and oxygen atoms in total. The molecule has 0 aliphatic rings. The van der Waals surface area contributed by atoms with Gasteiger partial charge < -0.3 is 15.2 Å². The maximum atomic E-state index is 11.6. The van der Waals surface area contributed by atoms with E-state index < -0.39 is 10.0 Å². The molecule has 0 aliphatic heterocycles. The van der Waals surface area contributed by atoms with Gasteiger partial charge >= 0.3 is 0 Å². The van der Waals surface area contributed by atoms with E-state index in [1.807, 2.05) is 18.4 Å². The molecule has 1 aromatic heterocycles. The van der Waals surface area contributed by atoms with Gasteiger partial charge in [0, 0.05) is 45.7 Å². The first-order chi connectivity index (χ1) is 11.9. The number of hydrogen-bond acceptors (Lipinski definition) is 5. The lowest BCUT2D eigenvalue weighted by Crippen LogP contribution is -2.39. The van der Waals surface area contributed by atoms with Gasteiger partial charge in [0.1, 0.15) is 12.2 Å². The second-order valence-corrected chi connectivity index (χ2v) is 7.57. The summed E-state index contributed by atoms with van der Waals surface area (Å²) in [6.45, 7) is 9.67. The Morgan fingerprint density at radius 1 is 1.32 bits per heavy atom. The largest absolute Gasteiger partial charge is 0.357 e. The number of aliphatic imine (C=N–C) groups is 1. The maximum Gasteiger partial charge on any atom is 0.211 e. The van der Waals surface area contributed by atoms with Gasteiger partial charge in [-0.3, -0.25) is 4.99 Å². The van der Waals surface area contributed by atoms with E-state index in [-0.39, 0.29) is 0 Å². The fourth-order valence-corrected chi connectivity index (χ4v) is 3.30. The first-order valence-corrected chi connectivity index (χ1v) is 10.6. The second-order valence-electron chi connectivity index (χ2n) is 5.59. The molecule has 0 amide bonds. The Kier molecular flexibility index (Phi) is 9.43. The van der Waals surface area contributed by atoms with Crippen LogP contribution in [0.1, 0.15) is 33.0 Å². The third-order valence-electron chi connectivity index (χ3n) is 3.66. The summed E-state index contributed by atoms with van der Waals surface area (Å²) in [7, 11) is -3.13. The molecule has 0 atom stereocenters. The zero-order valence-electron chi connectivity index (χ0n) is 15.7. The standard InChI is InChI=1S/C15H31N7O2S/c1-5-14-20-19-13-21(14)12-10-18-15(16-6-2)17-9-8-11-22(7-3)25(4,23)24/h13H,5-12H2,1-4H3,(H2,16,17,18). The number of aryl methyl sites for hydroxylation is 1. The van der Waals surface area contributed by atoms with Gasteiger partial charge in [0.15, 0.2) is 5.96 Å². The quantitative estimate of drug-likeness (QED) is 0.323. The Balaban J connectivity index is 2.43. The Morgan fingerprint density at radius 3 is 2.68 bits per heavy atom. The minimum atomic E-state index is -3.13. The third-order valence-corrected chi connectivity index (χ3v) is 5.04. The highest BCUT2D eigenvalue weighted by molar-refractivity contribution is 7.88. The molecule has 0 saturated heterocycles. The van der Waals surface area contributed by atoms with Gasteiger partial charge in [-0.05, 0) is 13.3 Å². The smallest absolute Gasteiger partial charge is 0.211 e. The molecule has 10 heteroatoms. The van der Waals surface area contributed by atoms with E-state index in [1.54, 1.807) is 6.33 Å². The fourth-order valence-electron chi connectivity index (χ4n) is 2.37. The fraction of sp³-hybridized carbons (Fsp3) is 0.800. The molecular weight excluding hydrogens is 342 g/mol. The van der Waals surface area contributed by atoms with Crippen LogP contribution >= 0.6 is 0 Å². The molecule has 0 aromatic carbocycles. The van der Waals surface area contributed by atoms with Crippen LogP contribution < -0.4 is 10.6 Å². The summed E-state index contributed by atoms with van der Waals surface area (Å²) in [5.41, 5.74) is 0. The number of sulfonamides is 1. The second kappa shape index (κ2) is 11.0. The lowest BCUT2D eigenvalue weighted by Gasteiger charge is -2.17. The van der Waals surface area contributed by atoms with E-state index in [2.05, 4.69) is 32.7 Å². The average Bonchev–Trinajstić information content (AvgIpc) is 3.01. The summed E-state index contributed by atoms with van der Waals surface area (Å²) < 4.78 is 26.6. The lowest BCUT2D eigenvalue weighted by molar-refractivity contribution is 0.427. The summed E-state index contributed by atoms with van der Waals surface area (Å²) in [5, 5.41) is 14.4. The zero-order chi connectivity index (χ0) is 18.7. The topological polar surface area (TPSA) is 105 Å². The van der Waals surface area contributed by atoms with Crippen molar-refractivity contribution in [3.8, 4) is 0 Å². The van der Waals surface area contributed by atoms with Crippen molar-refractivity contribution in [3.63, 3.8) is 0 Å². The van der Waals surface area contributed by atoms with Crippen LogP contribution in [0.3, 0.4) is 0 Å². The van der Waals surface area contributed by atoms with Gasteiger partial charge in [0.25, 0.3) is 0 Å². The van der Waals surface area contributed by atoms with Crippen molar-refractivity contribution in [2.75, 3.05) is 39.0 Å². The lowest BCUT2D eigenvalue weighted by atomic mass is 10.4. The van der Waals surface area contributed by atoms with Crippen LogP contribution in [0.5, 0.6) is 0 Å². The monoisotopic (exact) mass is 373 g/mol. The molecule has 1 aromatic rings. The predicted molar refractivity (Wildman–Crippen MR) is 100 cm³/mol. The minimum Gasteiger partial charge on any atom is -0.357 e. The third kappa shape index (κ3) is 7.82.